The predicted molar refractivity (Wildman–Crippen MR) is 118 cm³/mol. The molecular weight excluding hydrogens is 432 g/mol. The minimum absolute atomic E-state index is 0.121. The monoisotopic (exact) mass is 454 g/mol. The number of halogens is 1. The van der Waals surface area contributed by atoms with Crippen molar-refractivity contribution in [1.29, 1.82) is 0 Å². The summed E-state index contributed by atoms with van der Waals surface area (Å²) < 4.78 is 7.26. The summed E-state index contributed by atoms with van der Waals surface area (Å²) in [6.45, 7) is 3.60. The molecule has 0 amide bonds. The normalized spacial score (nSPS) is 18.7. The van der Waals surface area contributed by atoms with E-state index in [1.54, 1.807) is 11.8 Å². The molecule has 28 heavy (non-hydrogen) atoms. The summed E-state index contributed by atoms with van der Waals surface area (Å²) >= 11 is 5.25. The molecule has 2 heterocycles. The lowest BCUT2D eigenvalue weighted by Gasteiger charge is -2.37. The SMILES string of the molecule is Brc1ccc(SC(c2ccccc2)C2CN(Cc3ccccc3)CCO2)nc1. The number of hydrogen-bond donors (Lipinski definition) is 0. The largest absolute Gasteiger partial charge is 0.374 e. The first-order chi connectivity index (χ1) is 13.8. The average Bonchev–Trinajstić information content (AvgIpc) is 2.75. The van der Waals surface area contributed by atoms with Gasteiger partial charge < -0.3 is 4.74 Å². The molecule has 0 saturated carbocycles. The van der Waals surface area contributed by atoms with E-state index in [-0.39, 0.29) is 11.4 Å². The first-order valence-electron chi connectivity index (χ1n) is 9.49. The zero-order valence-electron chi connectivity index (χ0n) is 15.6. The third-order valence-electron chi connectivity index (χ3n) is 4.84. The van der Waals surface area contributed by atoms with E-state index in [0.29, 0.717) is 0 Å². The Morgan fingerprint density at radius 2 is 1.79 bits per heavy atom. The number of thioether (sulfide) groups is 1. The van der Waals surface area contributed by atoms with Crippen LogP contribution in [0.15, 0.2) is 88.5 Å². The van der Waals surface area contributed by atoms with Crippen molar-refractivity contribution in [2.75, 3.05) is 19.7 Å². The molecule has 1 fully saturated rings. The van der Waals surface area contributed by atoms with Gasteiger partial charge in [0.2, 0.25) is 0 Å². The molecule has 3 nitrogen and oxygen atoms in total. The molecule has 1 aliphatic heterocycles. The number of morpholine rings is 1. The van der Waals surface area contributed by atoms with Gasteiger partial charge in [0.25, 0.3) is 0 Å². The number of ether oxygens (including phenoxy) is 1. The van der Waals surface area contributed by atoms with Gasteiger partial charge in [-0.3, -0.25) is 4.90 Å². The van der Waals surface area contributed by atoms with Crippen molar-refractivity contribution < 1.29 is 4.74 Å². The van der Waals surface area contributed by atoms with E-state index in [2.05, 4.69) is 92.5 Å². The minimum atomic E-state index is 0.121. The van der Waals surface area contributed by atoms with Gasteiger partial charge in [-0.25, -0.2) is 4.98 Å². The van der Waals surface area contributed by atoms with Crippen LogP contribution in [0.5, 0.6) is 0 Å². The molecule has 0 radical (unpaired) electrons. The topological polar surface area (TPSA) is 25.4 Å². The molecule has 0 bridgehead atoms. The highest BCUT2D eigenvalue weighted by molar-refractivity contribution is 9.10. The Bertz CT molecular complexity index is 861. The number of aromatic nitrogens is 1. The molecule has 4 rings (SSSR count). The van der Waals surface area contributed by atoms with Gasteiger partial charge in [0.1, 0.15) is 0 Å². The molecule has 2 atom stereocenters. The minimum Gasteiger partial charge on any atom is -0.374 e. The summed E-state index contributed by atoms with van der Waals surface area (Å²) in [5.74, 6) is 0. The number of pyridine rings is 1. The number of benzene rings is 2. The van der Waals surface area contributed by atoms with Crippen LogP contribution in [0.1, 0.15) is 16.4 Å². The highest BCUT2D eigenvalue weighted by Gasteiger charge is 2.30. The molecule has 0 aliphatic carbocycles. The molecular formula is C23H23BrN2OS. The van der Waals surface area contributed by atoms with Crippen molar-refractivity contribution in [3.05, 3.63) is 94.6 Å². The number of hydrogen-bond acceptors (Lipinski definition) is 4. The Labute approximate surface area is 179 Å². The highest BCUT2D eigenvalue weighted by atomic mass is 79.9. The maximum atomic E-state index is 6.26. The summed E-state index contributed by atoms with van der Waals surface area (Å²) in [7, 11) is 0. The van der Waals surface area contributed by atoms with Gasteiger partial charge in [-0.05, 0) is 39.2 Å². The molecule has 1 aliphatic rings. The lowest BCUT2D eigenvalue weighted by Crippen LogP contribution is -2.44. The van der Waals surface area contributed by atoms with E-state index in [0.717, 1.165) is 35.7 Å². The van der Waals surface area contributed by atoms with Crippen LogP contribution in [-0.4, -0.2) is 35.7 Å². The molecule has 0 N–H and O–H groups in total. The molecule has 2 unspecified atom stereocenters. The molecule has 5 heteroatoms. The standard InChI is InChI=1S/C23H23BrN2OS/c24-20-11-12-22(25-15-20)28-23(19-9-5-2-6-10-19)21-17-26(13-14-27-21)16-18-7-3-1-4-8-18/h1-12,15,21,23H,13-14,16-17H2. The Morgan fingerprint density at radius 1 is 1.04 bits per heavy atom. The first-order valence-corrected chi connectivity index (χ1v) is 11.2. The molecule has 1 aromatic heterocycles. The first kappa shape index (κ1) is 19.6. The quantitative estimate of drug-likeness (QED) is 0.454. The lowest BCUT2D eigenvalue weighted by molar-refractivity contribution is -0.0320. The maximum Gasteiger partial charge on any atom is 0.0967 e. The van der Waals surface area contributed by atoms with Gasteiger partial charge in [-0.15, -0.1) is 0 Å². The van der Waals surface area contributed by atoms with Gasteiger partial charge in [-0.1, -0.05) is 72.4 Å². The Kier molecular flexibility index (Phi) is 6.81. The van der Waals surface area contributed by atoms with E-state index in [1.807, 2.05) is 12.3 Å². The highest BCUT2D eigenvalue weighted by Crippen LogP contribution is 2.39. The molecule has 144 valence electrons. The number of rotatable bonds is 6. The molecule has 2 aromatic carbocycles. The molecule has 0 spiro atoms. The van der Waals surface area contributed by atoms with E-state index < -0.39 is 0 Å². The van der Waals surface area contributed by atoms with E-state index in [1.165, 1.54) is 11.1 Å². The second-order valence-electron chi connectivity index (χ2n) is 6.89. The summed E-state index contributed by atoms with van der Waals surface area (Å²) in [5.41, 5.74) is 2.63. The van der Waals surface area contributed by atoms with Crippen molar-refractivity contribution in [3.63, 3.8) is 0 Å². The molecule has 1 saturated heterocycles. The van der Waals surface area contributed by atoms with E-state index in [4.69, 9.17) is 4.74 Å². The summed E-state index contributed by atoms with van der Waals surface area (Å²) in [6.07, 6.45) is 1.98. The molecule has 3 aromatic rings. The van der Waals surface area contributed by atoms with Gasteiger partial charge in [0.15, 0.2) is 0 Å². The van der Waals surface area contributed by atoms with Crippen molar-refractivity contribution in [2.45, 2.75) is 22.9 Å². The van der Waals surface area contributed by atoms with Crippen LogP contribution in [-0.2, 0) is 11.3 Å². The Balaban J connectivity index is 1.52. The van der Waals surface area contributed by atoms with Crippen LogP contribution in [0.4, 0.5) is 0 Å². The smallest absolute Gasteiger partial charge is 0.0967 e. The van der Waals surface area contributed by atoms with Crippen LogP contribution in [0.2, 0.25) is 0 Å². The van der Waals surface area contributed by atoms with Crippen molar-refractivity contribution in [2.24, 2.45) is 0 Å². The zero-order chi connectivity index (χ0) is 19.2. The van der Waals surface area contributed by atoms with Crippen molar-refractivity contribution in [1.82, 2.24) is 9.88 Å². The Hall–Kier alpha value is -1.66. The zero-order valence-corrected chi connectivity index (χ0v) is 18.0. The predicted octanol–water partition coefficient (Wildman–Crippen LogP) is 5.58. The van der Waals surface area contributed by atoms with Gasteiger partial charge >= 0.3 is 0 Å². The van der Waals surface area contributed by atoms with Gasteiger partial charge in [0.05, 0.1) is 23.0 Å². The summed E-state index contributed by atoms with van der Waals surface area (Å²) in [4.78, 5) is 7.07. The third-order valence-corrected chi connectivity index (χ3v) is 6.62. The number of nitrogens with zero attached hydrogens (tertiary/aromatic N) is 2. The van der Waals surface area contributed by atoms with Crippen LogP contribution in [0.3, 0.4) is 0 Å². The maximum absolute atomic E-state index is 6.26. The van der Waals surface area contributed by atoms with E-state index >= 15 is 0 Å². The van der Waals surface area contributed by atoms with E-state index in [9.17, 15) is 0 Å². The third kappa shape index (κ3) is 5.23. The summed E-state index contributed by atoms with van der Waals surface area (Å²) in [5, 5.41) is 1.22. The van der Waals surface area contributed by atoms with Crippen LogP contribution >= 0.6 is 27.7 Å². The van der Waals surface area contributed by atoms with Gasteiger partial charge in [-0.2, -0.15) is 0 Å². The van der Waals surface area contributed by atoms with Crippen LogP contribution in [0.25, 0.3) is 0 Å². The van der Waals surface area contributed by atoms with Crippen LogP contribution < -0.4 is 0 Å². The summed E-state index contributed by atoms with van der Waals surface area (Å²) in [6, 6.07) is 25.4. The van der Waals surface area contributed by atoms with Gasteiger partial charge in [0, 0.05) is 30.3 Å². The fourth-order valence-electron chi connectivity index (χ4n) is 3.46. The van der Waals surface area contributed by atoms with Crippen LogP contribution in [0, 0.1) is 0 Å². The van der Waals surface area contributed by atoms with Crippen molar-refractivity contribution >= 4 is 27.7 Å². The van der Waals surface area contributed by atoms with Crippen molar-refractivity contribution in [3.8, 4) is 0 Å². The second kappa shape index (κ2) is 9.70. The average molecular weight is 455 g/mol. The second-order valence-corrected chi connectivity index (χ2v) is 8.97. The Morgan fingerprint density at radius 3 is 2.50 bits per heavy atom. The fraction of sp³-hybridized carbons (Fsp3) is 0.261. The fourth-order valence-corrected chi connectivity index (χ4v) is 4.83. The lowest BCUT2D eigenvalue weighted by atomic mass is 10.1.